The summed E-state index contributed by atoms with van der Waals surface area (Å²) in [6.07, 6.45) is 0. The molecule has 1 N–H and O–H groups in total. The molecule has 1 aromatic heterocycles. The van der Waals surface area contributed by atoms with Gasteiger partial charge in [0.2, 0.25) is 0 Å². The maximum atomic E-state index is 12.2. The summed E-state index contributed by atoms with van der Waals surface area (Å²) in [4.78, 5) is 24.4. The number of amides is 1. The molecule has 0 atom stereocenters. The minimum Gasteiger partial charge on any atom is -0.494 e. The zero-order valence-electron chi connectivity index (χ0n) is 19.5. The number of ether oxygens (including phenoxy) is 2. The van der Waals surface area contributed by atoms with Gasteiger partial charge in [0.05, 0.1) is 18.8 Å². The quantitative estimate of drug-likeness (QED) is 0.377. The molecule has 0 bridgehead atoms. The Morgan fingerprint density at radius 1 is 0.800 bits per heavy atom. The van der Waals surface area contributed by atoms with Crippen LogP contribution in [-0.2, 0) is 11.3 Å². The topological polar surface area (TPSA) is 82.5 Å². The predicted molar refractivity (Wildman–Crippen MR) is 135 cm³/mol. The van der Waals surface area contributed by atoms with E-state index in [9.17, 15) is 9.59 Å². The van der Waals surface area contributed by atoms with Gasteiger partial charge in [-0.25, -0.2) is 4.68 Å². The van der Waals surface area contributed by atoms with Crippen molar-refractivity contribution in [3.63, 3.8) is 0 Å². The average Bonchev–Trinajstić information content (AvgIpc) is 2.90. The Morgan fingerprint density at radius 2 is 1.43 bits per heavy atom. The van der Waals surface area contributed by atoms with Gasteiger partial charge in [0.1, 0.15) is 11.5 Å². The number of nitrogens with zero attached hydrogens (tertiary/aromatic N) is 2. The Bertz CT molecular complexity index is 1300. The first kappa shape index (κ1) is 23.8. The lowest BCUT2D eigenvalue weighted by Gasteiger charge is -2.10. The summed E-state index contributed by atoms with van der Waals surface area (Å²) < 4.78 is 12.4. The van der Waals surface area contributed by atoms with Gasteiger partial charge in [-0.1, -0.05) is 42.5 Å². The van der Waals surface area contributed by atoms with Gasteiger partial charge in [-0.3, -0.25) is 9.59 Å². The predicted octanol–water partition coefficient (Wildman–Crippen LogP) is 4.17. The van der Waals surface area contributed by atoms with Crippen molar-refractivity contribution in [2.75, 3.05) is 19.8 Å². The Balaban J connectivity index is 1.27. The molecule has 0 saturated carbocycles. The first-order valence-electron chi connectivity index (χ1n) is 11.5. The van der Waals surface area contributed by atoms with Crippen molar-refractivity contribution in [2.45, 2.75) is 13.5 Å². The SMILES string of the molecule is CCOc1ccc(-c2ccc(=O)n(CCNC(=O)COc3ccc(-c4ccccc4)cc3)n2)cc1. The van der Waals surface area contributed by atoms with Gasteiger partial charge in [0, 0.05) is 18.2 Å². The number of benzene rings is 3. The van der Waals surface area contributed by atoms with E-state index in [4.69, 9.17) is 9.47 Å². The van der Waals surface area contributed by atoms with Crippen molar-refractivity contribution >= 4 is 5.91 Å². The smallest absolute Gasteiger partial charge is 0.266 e. The molecule has 1 amide bonds. The monoisotopic (exact) mass is 469 g/mol. The molecule has 0 unspecified atom stereocenters. The van der Waals surface area contributed by atoms with Gasteiger partial charge >= 0.3 is 0 Å². The summed E-state index contributed by atoms with van der Waals surface area (Å²) in [6.45, 7) is 2.93. The number of carbonyl (C=O) groups excluding carboxylic acids is 1. The van der Waals surface area contributed by atoms with Crippen LogP contribution in [0.3, 0.4) is 0 Å². The lowest BCUT2D eigenvalue weighted by atomic mass is 10.1. The minimum absolute atomic E-state index is 0.112. The fourth-order valence-corrected chi connectivity index (χ4v) is 3.53. The Hall–Kier alpha value is -4.39. The number of aromatic nitrogens is 2. The molecule has 0 radical (unpaired) electrons. The lowest BCUT2D eigenvalue weighted by molar-refractivity contribution is -0.123. The van der Waals surface area contributed by atoms with Crippen LogP contribution in [0.25, 0.3) is 22.4 Å². The Kier molecular flexibility index (Phi) is 7.91. The molecule has 0 aliphatic heterocycles. The molecular formula is C28H27N3O4. The van der Waals surface area contributed by atoms with E-state index in [1.54, 1.807) is 6.07 Å². The van der Waals surface area contributed by atoms with E-state index < -0.39 is 0 Å². The molecule has 3 aromatic carbocycles. The highest BCUT2D eigenvalue weighted by molar-refractivity contribution is 5.77. The largest absolute Gasteiger partial charge is 0.494 e. The van der Waals surface area contributed by atoms with Crippen LogP contribution < -0.4 is 20.3 Å². The van der Waals surface area contributed by atoms with Crippen molar-refractivity contribution in [3.8, 4) is 33.9 Å². The van der Waals surface area contributed by atoms with Gasteiger partial charge in [-0.2, -0.15) is 5.10 Å². The van der Waals surface area contributed by atoms with Gasteiger partial charge in [-0.05, 0) is 60.5 Å². The van der Waals surface area contributed by atoms with Crippen molar-refractivity contribution in [1.82, 2.24) is 15.1 Å². The summed E-state index contributed by atoms with van der Waals surface area (Å²) in [5.41, 5.74) is 3.50. The molecule has 0 spiro atoms. The van der Waals surface area contributed by atoms with Crippen LogP contribution >= 0.6 is 0 Å². The molecule has 4 rings (SSSR count). The molecule has 7 nitrogen and oxygen atoms in total. The van der Waals surface area contributed by atoms with E-state index in [1.165, 1.54) is 10.7 Å². The molecule has 35 heavy (non-hydrogen) atoms. The van der Waals surface area contributed by atoms with E-state index in [0.717, 1.165) is 22.4 Å². The van der Waals surface area contributed by atoms with Crippen LogP contribution in [0, 0.1) is 0 Å². The van der Waals surface area contributed by atoms with E-state index >= 15 is 0 Å². The molecule has 0 aliphatic rings. The third-order valence-corrected chi connectivity index (χ3v) is 5.30. The van der Waals surface area contributed by atoms with Crippen molar-refractivity contribution in [1.29, 1.82) is 0 Å². The molecule has 4 aromatic rings. The second kappa shape index (κ2) is 11.7. The number of hydrogen-bond donors (Lipinski definition) is 1. The molecule has 0 fully saturated rings. The van der Waals surface area contributed by atoms with E-state index in [2.05, 4.69) is 10.4 Å². The number of nitrogens with one attached hydrogen (secondary N) is 1. The number of carbonyl (C=O) groups is 1. The normalized spacial score (nSPS) is 10.5. The third-order valence-electron chi connectivity index (χ3n) is 5.30. The molecule has 7 heteroatoms. The van der Waals surface area contributed by atoms with Gasteiger partial charge < -0.3 is 14.8 Å². The van der Waals surface area contributed by atoms with Gasteiger partial charge in [0.15, 0.2) is 6.61 Å². The van der Waals surface area contributed by atoms with E-state index in [0.29, 0.717) is 18.1 Å². The van der Waals surface area contributed by atoms with Crippen LogP contribution in [0.1, 0.15) is 6.92 Å². The first-order chi connectivity index (χ1) is 17.1. The molecule has 0 aliphatic carbocycles. The van der Waals surface area contributed by atoms with Crippen LogP contribution in [0.15, 0.2) is 95.8 Å². The fraction of sp³-hybridized carbons (Fsp3) is 0.179. The van der Waals surface area contributed by atoms with E-state index in [1.807, 2.05) is 85.8 Å². The van der Waals surface area contributed by atoms with Crippen molar-refractivity contribution < 1.29 is 14.3 Å². The fourth-order valence-electron chi connectivity index (χ4n) is 3.53. The van der Waals surface area contributed by atoms with Gasteiger partial charge in [-0.15, -0.1) is 0 Å². The number of rotatable bonds is 10. The first-order valence-corrected chi connectivity index (χ1v) is 11.5. The summed E-state index contributed by atoms with van der Waals surface area (Å²) in [7, 11) is 0. The van der Waals surface area contributed by atoms with Crippen LogP contribution in [-0.4, -0.2) is 35.4 Å². The highest BCUT2D eigenvalue weighted by Crippen LogP contribution is 2.22. The van der Waals surface area contributed by atoms with E-state index in [-0.39, 0.29) is 31.2 Å². The highest BCUT2D eigenvalue weighted by atomic mass is 16.5. The standard InChI is InChI=1S/C28H27N3O4/c1-2-34-24-14-10-23(11-15-24)26-16-17-28(33)31(30-26)19-18-29-27(32)20-35-25-12-8-22(9-13-25)21-6-4-3-5-7-21/h3-17H,2,18-20H2,1H3,(H,29,32). The molecular weight excluding hydrogens is 442 g/mol. The third kappa shape index (κ3) is 6.57. The zero-order chi connectivity index (χ0) is 24.5. The maximum Gasteiger partial charge on any atom is 0.266 e. The van der Waals surface area contributed by atoms with Gasteiger partial charge in [0.25, 0.3) is 11.5 Å². The molecule has 178 valence electrons. The van der Waals surface area contributed by atoms with Crippen molar-refractivity contribution in [2.24, 2.45) is 0 Å². The Morgan fingerprint density at radius 3 is 2.11 bits per heavy atom. The van der Waals surface area contributed by atoms with Crippen molar-refractivity contribution in [3.05, 3.63) is 101 Å². The molecule has 0 saturated heterocycles. The number of hydrogen-bond acceptors (Lipinski definition) is 5. The second-order valence-electron chi connectivity index (χ2n) is 7.77. The van der Waals surface area contributed by atoms with Crippen LogP contribution in [0.2, 0.25) is 0 Å². The summed E-state index contributed by atoms with van der Waals surface area (Å²) >= 11 is 0. The zero-order valence-corrected chi connectivity index (χ0v) is 19.5. The second-order valence-corrected chi connectivity index (χ2v) is 7.77. The van der Waals surface area contributed by atoms with Crippen LogP contribution in [0.4, 0.5) is 0 Å². The highest BCUT2D eigenvalue weighted by Gasteiger charge is 2.07. The average molecular weight is 470 g/mol. The lowest BCUT2D eigenvalue weighted by Crippen LogP contribution is -2.34. The molecule has 1 heterocycles. The minimum atomic E-state index is -0.271. The Labute approximate surface area is 204 Å². The summed E-state index contributed by atoms with van der Waals surface area (Å²) in [6, 6.07) is 28.3. The summed E-state index contributed by atoms with van der Waals surface area (Å²) in [5.74, 6) is 1.12. The summed E-state index contributed by atoms with van der Waals surface area (Å²) in [5, 5.41) is 7.19. The van der Waals surface area contributed by atoms with Crippen LogP contribution in [0.5, 0.6) is 11.5 Å². The maximum absolute atomic E-state index is 12.2.